The lowest BCUT2D eigenvalue weighted by atomic mass is 9.91. The van der Waals surface area contributed by atoms with Gasteiger partial charge in [-0.3, -0.25) is 14.7 Å². The van der Waals surface area contributed by atoms with E-state index >= 15 is 0 Å². The van der Waals surface area contributed by atoms with E-state index in [0.717, 1.165) is 35.1 Å². The molecule has 0 radical (unpaired) electrons. The van der Waals surface area contributed by atoms with Gasteiger partial charge in [-0.25, -0.2) is 9.37 Å². The van der Waals surface area contributed by atoms with Gasteiger partial charge in [0.05, 0.1) is 5.56 Å². The zero-order valence-electron chi connectivity index (χ0n) is 24.8. The van der Waals surface area contributed by atoms with Crippen LogP contribution in [-0.2, 0) is 5.41 Å². The van der Waals surface area contributed by atoms with E-state index < -0.39 is 0 Å². The van der Waals surface area contributed by atoms with Gasteiger partial charge in [-0.1, -0.05) is 48.9 Å². The topological polar surface area (TPSA) is 88.8 Å². The van der Waals surface area contributed by atoms with Gasteiger partial charge in [0, 0.05) is 45.4 Å². The van der Waals surface area contributed by atoms with Crippen LogP contribution in [0.4, 0.5) is 4.39 Å². The standard InChI is InChI=1S/C37H29ClFN3O3/c1-3-30(43)33-29-18-23(11-14-32(29)45-34(33)22-9-12-27(39)13-10-22)28-19-24(8-7-21(28)2)31(44)20-37(15-16-37)36-40-35(41-42-36)25-5-4-6-26(38)17-25/h4-14,17-19H,3,15-16,20H2,1-2H3,(H,40,41,42). The van der Waals surface area contributed by atoms with Crippen LogP contribution >= 0.6 is 11.6 Å². The van der Waals surface area contributed by atoms with Crippen LogP contribution < -0.4 is 0 Å². The Morgan fingerprint density at radius 1 is 0.933 bits per heavy atom. The second kappa shape index (κ2) is 11.2. The summed E-state index contributed by atoms with van der Waals surface area (Å²) in [5.41, 5.74) is 5.51. The minimum absolute atomic E-state index is 0.0271. The summed E-state index contributed by atoms with van der Waals surface area (Å²) in [5, 5.41) is 8.77. The number of carbonyl (C=O) groups excluding carboxylic acids is 2. The average molecular weight is 618 g/mol. The maximum atomic E-state index is 13.7. The lowest BCUT2D eigenvalue weighted by molar-refractivity contribution is 0.0965. The van der Waals surface area contributed by atoms with Crippen LogP contribution in [0, 0.1) is 12.7 Å². The van der Waals surface area contributed by atoms with Crippen LogP contribution in [0.2, 0.25) is 5.02 Å². The number of benzene rings is 4. The molecule has 1 N–H and O–H groups in total. The number of rotatable bonds is 9. The molecule has 0 bridgehead atoms. The van der Waals surface area contributed by atoms with E-state index in [4.69, 9.17) is 21.0 Å². The number of aromatic amines is 1. The molecule has 0 amide bonds. The summed E-state index contributed by atoms with van der Waals surface area (Å²) in [7, 11) is 0. The van der Waals surface area contributed by atoms with Gasteiger partial charge in [0.2, 0.25) is 0 Å². The summed E-state index contributed by atoms with van der Waals surface area (Å²) in [6, 6.07) is 24.8. The molecule has 1 fully saturated rings. The number of hydrogen-bond acceptors (Lipinski definition) is 5. The van der Waals surface area contributed by atoms with E-state index in [-0.39, 0.29) is 22.8 Å². The molecule has 7 rings (SSSR count). The second-order valence-corrected chi connectivity index (χ2v) is 12.2. The Balaban J connectivity index is 1.20. The third kappa shape index (κ3) is 5.38. The smallest absolute Gasteiger partial charge is 0.181 e. The van der Waals surface area contributed by atoms with Crippen LogP contribution in [-0.4, -0.2) is 26.7 Å². The van der Waals surface area contributed by atoms with Crippen molar-refractivity contribution < 1.29 is 18.4 Å². The van der Waals surface area contributed by atoms with Crippen molar-refractivity contribution in [2.24, 2.45) is 0 Å². The van der Waals surface area contributed by atoms with Crippen LogP contribution in [0.25, 0.3) is 44.8 Å². The first-order valence-electron chi connectivity index (χ1n) is 14.9. The van der Waals surface area contributed by atoms with E-state index in [0.29, 0.717) is 62.9 Å². The summed E-state index contributed by atoms with van der Waals surface area (Å²) >= 11 is 6.16. The molecule has 4 aromatic carbocycles. The number of ketones is 2. The highest BCUT2D eigenvalue weighted by Gasteiger charge is 2.49. The van der Waals surface area contributed by atoms with Crippen LogP contribution in [0.1, 0.15) is 64.7 Å². The summed E-state index contributed by atoms with van der Waals surface area (Å²) in [6.45, 7) is 3.81. The van der Waals surface area contributed by atoms with Crippen LogP contribution in [0.3, 0.4) is 0 Å². The lowest BCUT2D eigenvalue weighted by Gasteiger charge is -2.13. The van der Waals surface area contributed by atoms with Crippen molar-refractivity contribution >= 4 is 34.1 Å². The largest absolute Gasteiger partial charge is 0.455 e. The van der Waals surface area contributed by atoms with Gasteiger partial charge in [-0.05, 0) is 91.1 Å². The zero-order chi connectivity index (χ0) is 31.3. The normalized spacial score (nSPS) is 13.7. The molecule has 6 nitrogen and oxygen atoms in total. The number of fused-ring (bicyclic) bond motifs is 1. The predicted molar refractivity (Wildman–Crippen MR) is 173 cm³/mol. The highest BCUT2D eigenvalue weighted by molar-refractivity contribution is 6.30. The maximum absolute atomic E-state index is 13.7. The first-order valence-corrected chi connectivity index (χ1v) is 15.3. The highest BCUT2D eigenvalue weighted by Crippen LogP contribution is 2.50. The third-order valence-corrected chi connectivity index (χ3v) is 8.92. The molecule has 8 heteroatoms. The minimum Gasteiger partial charge on any atom is -0.455 e. The molecular weight excluding hydrogens is 589 g/mol. The number of aromatic nitrogens is 3. The van der Waals surface area contributed by atoms with Crippen molar-refractivity contribution in [2.45, 2.75) is 44.9 Å². The molecule has 0 aliphatic heterocycles. The molecule has 1 aliphatic carbocycles. The molecule has 1 aliphatic rings. The van der Waals surface area contributed by atoms with Crippen molar-refractivity contribution in [3.05, 3.63) is 118 Å². The Labute approximate surface area is 264 Å². The van der Waals surface area contributed by atoms with Gasteiger partial charge in [-0.15, -0.1) is 0 Å². The molecule has 45 heavy (non-hydrogen) atoms. The summed E-state index contributed by atoms with van der Waals surface area (Å²) in [4.78, 5) is 31.6. The van der Waals surface area contributed by atoms with Gasteiger partial charge in [0.1, 0.15) is 23.0 Å². The Hall–Kier alpha value is -4.88. The monoisotopic (exact) mass is 617 g/mol. The van der Waals surface area contributed by atoms with E-state index in [1.165, 1.54) is 12.1 Å². The third-order valence-electron chi connectivity index (χ3n) is 8.69. The molecule has 6 aromatic rings. The molecule has 2 aromatic heterocycles. The number of nitrogens with one attached hydrogen (secondary N) is 1. The summed E-state index contributed by atoms with van der Waals surface area (Å²) in [6.07, 6.45) is 2.31. The van der Waals surface area contributed by atoms with Gasteiger partial charge in [0.25, 0.3) is 0 Å². The number of H-pyrrole nitrogens is 1. The highest BCUT2D eigenvalue weighted by atomic mass is 35.5. The van der Waals surface area contributed by atoms with Crippen molar-refractivity contribution in [1.82, 2.24) is 15.2 Å². The lowest BCUT2D eigenvalue weighted by Crippen LogP contribution is -2.15. The Bertz CT molecular complexity index is 2110. The fraction of sp³-hybridized carbons (Fsp3) is 0.189. The molecule has 0 spiro atoms. The van der Waals surface area contributed by atoms with E-state index in [1.54, 1.807) is 18.2 Å². The summed E-state index contributed by atoms with van der Waals surface area (Å²) < 4.78 is 19.8. The van der Waals surface area contributed by atoms with E-state index in [2.05, 4.69) is 10.2 Å². The Morgan fingerprint density at radius 2 is 1.71 bits per heavy atom. The Kier molecular flexibility index (Phi) is 7.21. The zero-order valence-corrected chi connectivity index (χ0v) is 25.5. The van der Waals surface area contributed by atoms with Crippen molar-refractivity contribution in [1.29, 1.82) is 0 Å². The molecule has 0 atom stereocenters. The summed E-state index contributed by atoms with van der Waals surface area (Å²) in [5.74, 6) is 1.30. The van der Waals surface area contributed by atoms with Crippen LogP contribution in [0.15, 0.2) is 89.3 Å². The molecule has 2 heterocycles. The van der Waals surface area contributed by atoms with Gasteiger partial charge in [0.15, 0.2) is 17.4 Å². The van der Waals surface area contributed by atoms with Crippen molar-refractivity contribution in [3.63, 3.8) is 0 Å². The second-order valence-electron chi connectivity index (χ2n) is 11.7. The number of carbonyl (C=O) groups is 2. The number of Topliss-reactive ketones (excluding diaryl/α,β-unsaturated/α-hetero) is 2. The quantitative estimate of drug-likeness (QED) is 0.163. The molecule has 224 valence electrons. The van der Waals surface area contributed by atoms with E-state index in [9.17, 15) is 14.0 Å². The number of nitrogens with zero attached hydrogens (tertiary/aromatic N) is 2. The van der Waals surface area contributed by atoms with Gasteiger partial charge in [-0.2, -0.15) is 5.10 Å². The van der Waals surface area contributed by atoms with Crippen LogP contribution in [0.5, 0.6) is 0 Å². The first kappa shape index (κ1) is 28.9. The number of furan rings is 1. The SMILES string of the molecule is CCC(=O)c1c(-c2ccc(F)cc2)oc2ccc(-c3cc(C(=O)CC4(c5nc(-c6cccc(Cl)c6)n[nH]5)CC4)ccc3C)cc12. The van der Waals surface area contributed by atoms with Crippen molar-refractivity contribution in [2.75, 3.05) is 0 Å². The average Bonchev–Trinajstić information content (AvgIpc) is 3.47. The molecular formula is C37H29ClFN3O3. The van der Waals surface area contributed by atoms with Crippen molar-refractivity contribution in [3.8, 4) is 33.8 Å². The predicted octanol–water partition coefficient (Wildman–Crippen LogP) is 9.55. The minimum atomic E-state index is -0.367. The van der Waals surface area contributed by atoms with Gasteiger partial charge < -0.3 is 4.42 Å². The maximum Gasteiger partial charge on any atom is 0.181 e. The van der Waals surface area contributed by atoms with Gasteiger partial charge >= 0.3 is 0 Å². The van der Waals surface area contributed by atoms with E-state index in [1.807, 2.05) is 68.4 Å². The number of halogens is 2. The number of hydrogen-bond donors (Lipinski definition) is 1. The molecule has 0 unspecified atom stereocenters. The fourth-order valence-electron chi connectivity index (χ4n) is 5.94. The fourth-order valence-corrected chi connectivity index (χ4v) is 6.13. The Morgan fingerprint density at radius 3 is 2.44 bits per heavy atom. The number of aryl methyl sites for hydroxylation is 1. The molecule has 1 saturated carbocycles. The molecule has 0 saturated heterocycles. The first-order chi connectivity index (χ1) is 21.7.